The third-order valence-electron chi connectivity index (χ3n) is 4.02. The van der Waals surface area contributed by atoms with Crippen LogP contribution in [-0.2, 0) is 4.79 Å². The zero-order chi connectivity index (χ0) is 18.4. The second-order valence-electron chi connectivity index (χ2n) is 5.92. The number of para-hydroxylation sites is 2. The molecule has 0 saturated heterocycles. The van der Waals surface area contributed by atoms with Gasteiger partial charge in [0.25, 0.3) is 0 Å². The molecule has 0 aliphatic heterocycles. The summed E-state index contributed by atoms with van der Waals surface area (Å²) >= 11 is 0. The Morgan fingerprint density at radius 1 is 1.48 bits per heavy atom. The van der Waals surface area contributed by atoms with Gasteiger partial charge in [0.2, 0.25) is 5.91 Å². The predicted molar refractivity (Wildman–Crippen MR) is 96.6 cm³/mol. The molecule has 0 fully saturated rings. The zero-order valence-corrected chi connectivity index (χ0v) is 14.7. The molecule has 0 bridgehead atoms. The van der Waals surface area contributed by atoms with Crippen molar-refractivity contribution in [1.82, 2.24) is 20.2 Å². The average Bonchev–Trinajstić information content (AvgIpc) is 3.03. The number of nitrogens with one attached hydrogen (secondary N) is 2. The van der Waals surface area contributed by atoms with Crippen molar-refractivity contribution in [3.63, 3.8) is 0 Å². The number of fused-ring (bicyclic) bond motifs is 1. The number of aliphatic hydroxyl groups is 1. The van der Waals surface area contributed by atoms with E-state index in [-0.39, 0.29) is 23.8 Å². The molecule has 132 valence electrons. The van der Waals surface area contributed by atoms with Crippen LogP contribution in [0, 0.1) is 11.3 Å². The molecule has 1 aromatic heterocycles. The fraction of sp³-hybridized carbons (Fsp3) is 0.389. The molecular weight excluding hydrogens is 318 g/mol. The lowest BCUT2D eigenvalue weighted by Crippen LogP contribution is -2.40. The van der Waals surface area contributed by atoms with Crippen molar-refractivity contribution in [2.24, 2.45) is 0 Å². The van der Waals surface area contributed by atoms with Crippen molar-refractivity contribution >= 4 is 22.5 Å². The van der Waals surface area contributed by atoms with Crippen LogP contribution in [0.15, 0.2) is 30.0 Å². The molecule has 3 N–H and O–H groups in total. The molecule has 1 atom stereocenters. The van der Waals surface area contributed by atoms with Gasteiger partial charge in [-0.2, -0.15) is 5.26 Å². The van der Waals surface area contributed by atoms with E-state index < -0.39 is 6.04 Å². The number of carbonyl (C=O) groups excluding carboxylic acids is 1. The van der Waals surface area contributed by atoms with E-state index >= 15 is 0 Å². The van der Waals surface area contributed by atoms with Gasteiger partial charge in [-0.1, -0.05) is 19.1 Å². The molecule has 0 saturated carbocycles. The minimum atomic E-state index is -0.504. The summed E-state index contributed by atoms with van der Waals surface area (Å²) in [5.41, 5.74) is 1.58. The molecule has 0 unspecified atom stereocenters. The molecule has 1 aromatic carbocycles. The van der Waals surface area contributed by atoms with Gasteiger partial charge in [-0.25, -0.2) is 4.98 Å². The van der Waals surface area contributed by atoms with Gasteiger partial charge in [-0.3, -0.25) is 9.69 Å². The minimum absolute atomic E-state index is 0.0736. The molecule has 7 heteroatoms. The third-order valence-corrected chi connectivity index (χ3v) is 4.02. The van der Waals surface area contributed by atoms with Crippen LogP contribution in [0.25, 0.3) is 16.6 Å². The molecule has 1 heterocycles. The van der Waals surface area contributed by atoms with E-state index in [1.54, 1.807) is 18.9 Å². The highest BCUT2D eigenvalue weighted by Gasteiger charge is 2.22. The van der Waals surface area contributed by atoms with E-state index in [1.165, 1.54) is 0 Å². The van der Waals surface area contributed by atoms with Crippen molar-refractivity contribution in [3.8, 4) is 6.07 Å². The van der Waals surface area contributed by atoms with Gasteiger partial charge in [0.15, 0.2) is 5.82 Å². The summed E-state index contributed by atoms with van der Waals surface area (Å²) in [6.45, 7) is 4.46. The lowest BCUT2D eigenvalue weighted by atomic mass is 10.1. The Morgan fingerprint density at radius 2 is 2.20 bits per heavy atom. The second kappa shape index (κ2) is 8.31. The van der Waals surface area contributed by atoms with Gasteiger partial charge >= 0.3 is 0 Å². The monoisotopic (exact) mass is 341 g/mol. The van der Waals surface area contributed by atoms with Crippen LogP contribution in [0.1, 0.15) is 26.1 Å². The topological polar surface area (TPSA) is 105 Å². The van der Waals surface area contributed by atoms with Gasteiger partial charge in [-0.05, 0) is 32.5 Å². The van der Waals surface area contributed by atoms with Crippen molar-refractivity contribution in [1.29, 1.82) is 5.26 Å². The number of H-pyrrole nitrogens is 1. The number of carbonyl (C=O) groups is 1. The number of nitrogens with zero attached hydrogens (tertiary/aromatic N) is 3. The maximum Gasteiger partial charge on any atom is 0.234 e. The van der Waals surface area contributed by atoms with E-state index in [9.17, 15) is 15.2 Å². The number of aliphatic hydroxyl groups excluding tert-OH is 1. The number of aromatic amines is 1. The fourth-order valence-electron chi connectivity index (χ4n) is 2.40. The Balaban J connectivity index is 2.22. The first kappa shape index (κ1) is 18.5. The Morgan fingerprint density at radius 3 is 2.84 bits per heavy atom. The lowest BCUT2D eigenvalue weighted by Gasteiger charge is -2.24. The minimum Gasteiger partial charge on any atom is -0.509 e. The number of imidazole rings is 1. The van der Waals surface area contributed by atoms with Crippen LogP contribution in [0.4, 0.5) is 0 Å². The summed E-state index contributed by atoms with van der Waals surface area (Å²) < 4.78 is 0. The van der Waals surface area contributed by atoms with Gasteiger partial charge in [-0.15, -0.1) is 0 Å². The highest BCUT2D eigenvalue weighted by atomic mass is 16.3. The Kier molecular flexibility index (Phi) is 6.14. The first-order chi connectivity index (χ1) is 12.0. The van der Waals surface area contributed by atoms with Gasteiger partial charge in [0, 0.05) is 6.54 Å². The van der Waals surface area contributed by atoms with E-state index in [2.05, 4.69) is 15.3 Å². The first-order valence-electron chi connectivity index (χ1n) is 8.23. The molecule has 0 radical (unpaired) electrons. The number of nitriles is 1. The SMILES string of the molecule is CCCNC(=O)CN(C)[C@@H](C)/C(O)=C(\C#N)c1nc2ccccc2[nH]1. The Hall–Kier alpha value is -2.85. The Labute approximate surface area is 147 Å². The maximum absolute atomic E-state index is 11.8. The summed E-state index contributed by atoms with van der Waals surface area (Å²) in [6.07, 6.45) is 0.862. The molecule has 2 rings (SSSR count). The molecule has 0 spiro atoms. The normalized spacial score (nSPS) is 13.4. The van der Waals surface area contributed by atoms with Gasteiger partial charge < -0.3 is 15.4 Å². The Bertz CT molecular complexity index is 785. The van der Waals surface area contributed by atoms with Gasteiger partial charge in [0.1, 0.15) is 17.4 Å². The van der Waals surface area contributed by atoms with Crippen LogP contribution in [0.3, 0.4) is 0 Å². The van der Waals surface area contributed by atoms with Gasteiger partial charge in [0.05, 0.1) is 23.6 Å². The zero-order valence-electron chi connectivity index (χ0n) is 14.7. The number of hydrogen-bond acceptors (Lipinski definition) is 5. The van der Waals surface area contributed by atoms with Crippen molar-refractivity contribution in [2.75, 3.05) is 20.1 Å². The summed E-state index contributed by atoms with van der Waals surface area (Å²) in [5.74, 6) is 0.0791. The molecule has 25 heavy (non-hydrogen) atoms. The van der Waals surface area contributed by atoms with E-state index in [1.807, 2.05) is 37.3 Å². The number of allylic oxidation sites excluding steroid dienone is 1. The highest BCUT2D eigenvalue weighted by molar-refractivity contribution is 5.83. The van der Waals surface area contributed by atoms with Crippen molar-refractivity contribution < 1.29 is 9.90 Å². The summed E-state index contributed by atoms with van der Waals surface area (Å²) in [6, 6.07) is 8.91. The van der Waals surface area contributed by atoms with Crippen molar-refractivity contribution in [2.45, 2.75) is 26.3 Å². The van der Waals surface area contributed by atoms with Crippen molar-refractivity contribution in [3.05, 3.63) is 35.8 Å². The number of amides is 1. The quantitative estimate of drug-likeness (QED) is 0.529. The summed E-state index contributed by atoms with van der Waals surface area (Å²) in [5, 5.41) is 22.8. The number of likely N-dealkylation sites (N-methyl/N-ethyl adjacent to an activating group) is 1. The molecule has 0 aliphatic carbocycles. The molecular formula is C18H23N5O2. The molecule has 2 aromatic rings. The van der Waals surface area contributed by atoms with Crippen LogP contribution in [0.5, 0.6) is 0 Å². The number of rotatable bonds is 7. The highest BCUT2D eigenvalue weighted by Crippen LogP contribution is 2.21. The van der Waals surface area contributed by atoms with E-state index in [0.29, 0.717) is 12.4 Å². The first-order valence-corrected chi connectivity index (χ1v) is 8.23. The average molecular weight is 341 g/mol. The summed E-state index contributed by atoms with van der Waals surface area (Å²) in [7, 11) is 1.72. The smallest absolute Gasteiger partial charge is 0.234 e. The predicted octanol–water partition coefficient (Wildman–Crippen LogP) is 2.20. The van der Waals surface area contributed by atoms with Crippen LogP contribution in [0.2, 0.25) is 0 Å². The number of benzene rings is 1. The van der Waals surface area contributed by atoms with Crippen LogP contribution in [-0.4, -0.2) is 52.1 Å². The number of hydrogen-bond donors (Lipinski definition) is 3. The maximum atomic E-state index is 11.8. The molecule has 0 aliphatic rings. The summed E-state index contributed by atoms with van der Waals surface area (Å²) in [4.78, 5) is 20.9. The third kappa shape index (κ3) is 4.37. The van der Waals surface area contributed by atoms with Crippen LogP contribution >= 0.6 is 0 Å². The number of aromatic nitrogens is 2. The fourth-order valence-corrected chi connectivity index (χ4v) is 2.40. The molecule has 7 nitrogen and oxygen atoms in total. The second-order valence-corrected chi connectivity index (χ2v) is 5.92. The van der Waals surface area contributed by atoms with E-state index in [4.69, 9.17) is 0 Å². The molecule has 1 amide bonds. The lowest BCUT2D eigenvalue weighted by molar-refractivity contribution is -0.122. The van der Waals surface area contributed by atoms with E-state index in [0.717, 1.165) is 17.5 Å². The largest absolute Gasteiger partial charge is 0.509 e. The standard InChI is InChI=1S/C18H23N5O2/c1-4-9-20-16(24)11-23(3)12(2)17(25)13(10-19)18-21-14-7-5-6-8-15(14)22-18/h5-8,12,25H,4,9,11H2,1-3H3,(H,20,24)(H,21,22)/b17-13-/t12-/m0/s1. The van der Waals surface area contributed by atoms with Crippen LogP contribution < -0.4 is 5.32 Å².